The van der Waals surface area contributed by atoms with E-state index in [9.17, 15) is 13.2 Å². The smallest absolute Gasteiger partial charge is 0.378 e. The van der Waals surface area contributed by atoms with E-state index in [2.05, 4.69) is 11.9 Å². The maximum absolute atomic E-state index is 12.7. The number of anilines is 1. The quantitative estimate of drug-likeness (QED) is 0.724. The lowest BCUT2D eigenvalue weighted by atomic mass is 10.0. The molecule has 0 aliphatic rings. The zero-order valence-electron chi connectivity index (χ0n) is 11.4. The molecule has 4 heteroatoms. The van der Waals surface area contributed by atoms with Crippen LogP contribution in [-0.2, 0) is 6.18 Å². The van der Waals surface area contributed by atoms with E-state index < -0.39 is 11.7 Å². The second-order valence-corrected chi connectivity index (χ2v) is 4.71. The molecule has 0 spiro atoms. The van der Waals surface area contributed by atoms with Gasteiger partial charge in [-0.1, -0.05) is 42.5 Å². The molecule has 0 aliphatic heterocycles. The Morgan fingerprint density at radius 3 is 2.38 bits per heavy atom. The Morgan fingerprint density at radius 2 is 1.76 bits per heavy atom. The molecule has 0 saturated heterocycles. The summed E-state index contributed by atoms with van der Waals surface area (Å²) >= 11 is 0. The van der Waals surface area contributed by atoms with Crippen LogP contribution < -0.4 is 5.32 Å². The molecule has 2 aromatic carbocycles. The summed E-state index contributed by atoms with van der Waals surface area (Å²) < 4.78 is 38.2. The molecule has 110 valence electrons. The fraction of sp³-hybridized carbons (Fsp3) is 0.176. The normalized spacial score (nSPS) is 12.7. The summed E-state index contributed by atoms with van der Waals surface area (Å²) in [4.78, 5) is 0. The number of hydrogen-bond donors (Lipinski definition) is 1. The minimum Gasteiger partial charge on any atom is -0.378 e. The van der Waals surface area contributed by atoms with Gasteiger partial charge in [-0.2, -0.15) is 13.2 Å². The van der Waals surface area contributed by atoms with E-state index in [4.69, 9.17) is 0 Å². The molecule has 2 aromatic rings. The van der Waals surface area contributed by atoms with E-state index in [0.29, 0.717) is 12.1 Å². The van der Waals surface area contributed by atoms with Crippen molar-refractivity contribution in [2.45, 2.75) is 18.6 Å². The van der Waals surface area contributed by atoms with Crippen molar-refractivity contribution in [1.82, 2.24) is 0 Å². The lowest BCUT2D eigenvalue weighted by Crippen LogP contribution is -2.11. The van der Waals surface area contributed by atoms with Gasteiger partial charge in [0.15, 0.2) is 0 Å². The Hall–Kier alpha value is -2.23. The topological polar surface area (TPSA) is 12.0 Å². The highest BCUT2D eigenvalue weighted by molar-refractivity contribution is 5.48. The minimum absolute atomic E-state index is 0.104. The summed E-state index contributed by atoms with van der Waals surface area (Å²) in [6.07, 6.45) is -1.96. The zero-order valence-corrected chi connectivity index (χ0v) is 11.4. The predicted octanol–water partition coefficient (Wildman–Crippen LogP) is 5.43. The van der Waals surface area contributed by atoms with Crippen molar-refractivity contribution in [3.8, 4) is 0 Å². The van der Waals surface area contributed by atoms with Gasteiger partial charge in [-0.15, -0.1) is 6.58 Å². The van der Waals surface area contributed by atoms with Crippen molar-refractivity contribution in [3.05, 3.63) is 78.4 Å². The van der Waals surface area contributed by atoms with Crippen molar-refractivity contribution in [2.24, 2.45) is 0 Å². The van der Waals surface area contributed by atoms with Gasteiger partial charge < -0.3 is 5.32 Å². The summed E-state index contributed by atoms with van der Waals surface area (Å²) in [7, 11) is 0. The van der Waals surface area contributed by atoms with E-state index in [-0.39, 0.29) is 6.04 Å². The van der Waals surface area contributed by atoms with Crippen molar-refractivity contribution in [2.75, 3.05) is 5.32 Å². The van der Waals surface area contributed by atoms with Crippen LogP contribution in [0, 0.1) is 0 Å². The van der Waals surface area contributed by atoms with Crippen molar-refractivity contribution >= 4 is 5.69 Å². The van der Waals surface area contributed by atoms with Crippen molar-refractivity contribution in [3.63, 3.8) is 0 Å². The molecule has 0 fully saturated rings. The molecule has 1 atom stereocenters. The highest BCUT2D eigenvalue weighted by atomic mass is 19.4. The molecular weight excluding hydrogens is 275 g/mol. The Morgan fingerprint density at radius 1 is 1.05 bits per heavy atom. The number of halogens is 3. The summed E-state index contributed by atoms with van der Waals surface area (Å²) in [6.45, 7) is 3.70. The Bertz CT molecular complexity index is 590. The van der Waals surface area contributed by atoms with Crippen LogP contribution in [0.3, 0.4) is 0 Å². The second kappa shape index (κ2) is 6.48. The molecule has 1 nitrogen and oxygen atoms in total. The average Bonchev–Trinajstić information content (AvgIpc) is 2.47. The van der Waals surface area contributed by atoms with E-state index in [0.717, 1.165) is 17.7 Å². The molecular formula is C17H16F3N. The first-order valence-electron chi connectivity index (χ1n) is 6.60. The molecule has 0 radical (unpaired) electrons. The van der Waals surface area contributed by atoms with Gasteiger partial charge in [-0.05, 0) is 30.2 Å². The van der Waals surface area contributed by atoms with Crippen LogP contribution in [0.25, 0.3) is 0 Å². The maximum Gasteiger partial charge on any atom is 0.416 e. The lowest BCUT2D eigenvalue weighted by Gasteiger charge is -2.20. The monoisotopic (exact) mass is 291 g/mol. The molecule has 0 aliphatic carbocycles. The third-order valence-electron chi connectivity index (χ3n) is 3.14. The van der Waals surface area contributed by atoms with Crippen LogP contribution >= 0.6 is 0 Å². The van der Waals surface area contributed by atoms with E-state index in [1.165, 1.54) is 6.07 Å². The predicted molar refractivity (Wildman–Crippen MR) is 79.1 cm³/mol. The minimum atomic E-state index is -4.33. The lowest BCUT2D eigenvalue weighted by molar-refractivity contribution is -0.137. The van der Waals surface area contributed by atoms with Gasteiger partial charge in [0.2, 0.25) is 0 Å². The van der Waals surface area contributed by atoms with Gasteiger partial charge >= 0.3 is 6.18 Å². The van der Waals surface area contributed by atoms with Crippen LogP contribution in [0.5, 0.6) is 0 Å². The van der Waals surface area contributed by atoms with Gasteiger partial charge in [-0.3, -0.25) is 0 Å². The summed E-state index contributed by atoms with van der Waals surface area (Å²) in [5, 5.41) is 3.14. The SMILES string of the molecule is C=CCC(Nc1cccc(C(F)(F)F)c1)c1ccccc1. The summed E-state index contributed by atoms with van der Waals surface area (Å²) in [6, 6.07) is 14.7. The maximum atomic E-state index is 12.7. The Kier molecular flexibility index (Phi) is 4.68. The largest absolute Gasteiger partial charge is 0.416 e. The molecule has 21 heavy (non-hydrogen) atoms. The molecule has 0 heterocycles. The van der Waals surface area contributed by atoms with Crippen molar-refractivity contribution in [1.29, 1.82) is 0 Å². The third kappa shape index (κ3) is 4.12. The molecule has 0 bridgehead atoms. The van der Waals surface area contributed by atoms with Crippen LogP contribution in [0.1, 0.15) is 23.6 Å². The first-order valence-corrected chi connectivity index (χ1v) is 6.60. The van der Waals surface area contributed by atoms with Gasteiger partial charge in [0.1, 0.15) is 0 Å². The number of benzene rings is 2. The molecule has 1 unspecified atom stereocenters. The molecule has 1 N–H and O–H groups in total. The molecule has 0 aromatic heterocycles. The Balaban J connectivity index is 2.23. The standard InChI is InChI=1S/C17H16F3N/c1-2-7-16(13-8-4-3-5-9-13)21-15-11-6-10-14(12-15)17(18,19)20/h2-6,8-12,16,21H,1,7H2. The zero-order chi connectivity index (χ0) is 15.3. The van der Waals surface area contributed by atoms with Crippen LogP contribution in [0.4, 0.5) is 18.9 Å². The third-order valence-corrected chi connectivity index (χ3v) is 3.14. The van der Waals surface area contributed by atoms with Gasteiger partial charge in [-0.25, -0.2) is 0 Å². The van der Waals surface area contributed by atoms with E-state index in [1.807, 2.05) is 30.3 Å². The van der Waals surface area contributed by atoms with Gasteiger partial charge in [0, 0.05) is 5.69 Å². The number of alkyl halides is 3. The molecule has 0 amide bonds. The summed E-state index contributed by atoms with van der Waals surface area (Å²) in [5.41, 5.74) is 0.799. The average molecular weight is 291 g/mol. The number of rotatable bonds is 5. The van der Waals surface area contributed by atoms with Crippen LogP contribution in [-0.4, -0.2) is 0 Å². The van der Waals surface area contributed by atoms with Gasteiger partial charge in [0.05, 0.1) is 11.6 Å². The molecule has 0 saturated carbocycles. The highest BCUT2D eigenvalue weighted by Gasteiger charge is 2.30. The summed E-state index contributed by atoms with van der Waals surface area (Å²) in [5.74, 6) is 0. The van der Waals surface area contributed by atoms with E-state index in [1.54, 1.807) is 12.1 Å². The number of nitrogens with one attached hydrogen (secondary N) is 1. The Labute approximate surface area is 122 Å². The second-order valence-electron chi connectivity index (χ2n) is 4.71. The van der Waals surface area contributed by atoms with Crippen molar-refractivity contribution < 1.29 is 13.2 Å². The highest BCUT2D eigenvalue weighted by Crippen LogP contribution is 2.32. The van der Waals surface area contributed by atoms with E-state index >= 15 is 0 Å². The van der Waals surface area contributed by atoms with Crippen LogP contribution in [0.2, 0.25) is 0 Å². The molecule has 2 rings (SSSR count). The first kappa shape index (κ1) is 15.2. The van der Waals surface area contributed by atoms with Crippen LogP contribution in [0.15, 0.2) is 67.3 Å². The fourth-order valence-electron chi connectivity index (χ4n) is 2.12. The first-order chi connectivity index (χ1) is 10.0. The number of hydrogen-bond acceptors (Lipinski definition) is 1. The van der Waals surface area contributed by atoms with Gasteiger partial charge in [0.25, 0.3) is 0 Å². The fourth-order valence-corrected chi connectivity index (χ4v) is 2.12.